The predicted molar refractivity (Wildman–Crippen MR) is 76.4 cm³/mol. The molecular weight excluding hydrogens is 228 g/mol. The first-order valence-electron chi connectivity index (χ1n) is 6.34. The molecule has 4 heteroatoms. The second-order valence-corrected chi connectivity index (χ2v) is 4.45. The minimum absolute atomic E-state index is 0.263. The number of ether oxygens (including phenoxy) is 2. The van der Waals surface area contributed by atoms with Gasteiger partial charge in [0, 0.05) is 20.2 Å². The Morgan fingerprint density at radius 2 is 2.11 bits per heavy atom. The van der Waals surface area contributed by atoms with E-state index in [1.54, 1.807) is 7.11 Å². The largest absolute Gasteiger partial charge is 0.491 e. The van der Waals surface area contributed by atoms with Gasteiger partial charge in [0.05, 0.1) is 24.6 Å². The number of benzene rings is 1. The molecule has 1 aromatic carbocycles. The number of anilines is 2. The first kappa shape index (κ1) is 14.6. The predicted octanol–water partition coefficient (Wildman–Crippen LogP) is 2.53. The topological polar surface area (TPSA) is 47.7 Å². The van der Waals surface area contributed by atoms with E-state index < -0.39 is 0 Å². The van der Waals surface area contributed by atoms with Crippen LogP contribution in [-0.2, 0) is 4.74 Å². The Morgan fingerprint density at radius 1 is 1.39 bits per heavy atom. The fourth-order valence-corrected chi connectivity index (χ4v) is 1.77. The number of nitrogens with two attached hydrogens (primary N) is 1. The third-order valence-corrected chi connectivity index (χ3v) is 2.95. The highest BCUT2D eigenvalue weighted by Crippen LogP contribution is 2.32. The van der Waals surface area contributed by atoms with E-state index in [0.29, 0.717) is 18.9 Å². The van der Waals surface area contributed by atoms with Gasteiger partial charge in [0.1, 0.15) is 5.75 Å². The van der Waals surface area contributed by atoms with Crippen molar-refractivity contribution in [3.8, 4) is 5.75 Å². The summed E-state index contributed by atoms with van der Waals surface area (Å²) < 4.78 is 10.8. The van der Waals surface area contributed by atoms with E-state index in [-0.39, 0.29) is 6.04 Å². The van der Waals surface area contributed by atoms with Crippen LogP contribution in [0, 0.1) is 0 Å². The van der Waals surface area contributed by atoms with Crippen molar-refractivity contribution in [2.45, 2.75) is 26.3 Å². The zero-order valence-corrected chi connectivity index (χ0v) is 11.8. The Labute approximate surface area is 110 Å². The van der Waals surface area contributed by atoms with Gasteiger partial charge in [0.2, 0.25) is 0 Å². The lowest BCUT2D eigenvalue weighted by molar-refractivity contribution is 0.183. The van der Waals surface area contributed by atoms with Gasteiger partial charge in [-0.25, -0.2) is 0 Å². The molecule has 0 aliphatic heterocycles. The SMILES string of the molecule is CCCOc1cccc(N(C)C(C)COC)c1N. The molecule has 1 aromatic rings. The van der Waals surface area contributed by atoms with Gasteiger partial charge in [0.15, 0.2) is 0 Å². The second kappa shape index (κ2) is 7.11. The molecular formula is C14H24N2O2. The van der Waals surface area contributed by atoms with Crippen LogP contribution in [-0.4, -0.2) is 33.4 Å². The van der Waals surface area contributed by atoms with Crippen LogP contribution >= 0.6 is 0 Å². The minimum atomic E-state index is 0.263. The molecule has 1 rings (SSSR count). The van der Waals surface area contributed by atoms with Crippen LogP contribution in [0.5, 0.6) is 5.75 Å². The van der Waals surface area contributed by atoms with E-state index >= 15 is 0 Å². The third kappa shape index (κ3) is 3.53. The molecule has 0 saturated heterocycles. The van der Waals surface area contributed by atoms with Gasteiger partial charge >= 0.3 is 0 Å². The van der Waals surface area contributed by atoms with Crippen LogP contribution < -0.4 is 15.4 Å². The van der Waals surface area contributed by atoms with Crippen molar-refractivity contribution < 1.29 is 9.47 Å². The molecule has 102 valence electrons. The molecule has 0 aromatic heterocycles. The molecule has 18 heavy (non-hydrogen) atoms. The highest BCUT2D eigenvalue weighted by Gasteiger charge is 2.14. The van der Waals surface area contributed by atoms with Crippen molar-refractivity contribution in [2.75, 3.05) is 38.0 Å². The summed E-state index contributed by atoms with van der Waals surface area (Å²) in [4.78, 5) is 2.11. The quantitative estimate of drug-likeness (QED) is 0.758. The Bertz CT molecular complexity index is 369. The fourth-order valence-electron chi connectivity index (χ4n) is 1.77. The summed E-state index contributed by atoms with van der Waals surface area (Å²) in [5.74, 6) is 0.755. The summed E-state index contributed by atoms with van der Waals surface area (Å²) in [6, 6.07) is 6.13. The van der Waals surface area contributed by atoms with Crippen molar-refractivity contribution in [1.82, 2.24) is 0 Å². The molecule has 0 spiro atoms. The number of likely N-dealkylation sites (N-methyl/N-ethyl adjacent to an activating group) is 1. The van der Waals surface area contributed by atoms with Crippen molar-refractivity contribution in [2.24, 2.45) is 0 Å². The lowest BCUT2D eigenvalue weighted by Crippen LogP contribution is -2.33. The van der Waals surface area contributed by atoms with E-state index in [1.165, 1.54) is 0 Å². The standard InChI is InChI=1S/C14H24N2O2/c1-5-9-18-13-8-6-7-12(14(13)15)16(3)11(2)10-17-4/h6-8,11H,5,9-10,15H2,1-4H3. The highest BCUT2D eigenvalue weighted by molar-refractivity contribution is 5.74. The monoisotopic (exact) mass is 252 g/mol. The van der Waals surface area contributed by atoms with Crippen LogP contribution in [0.1, 0.15) is 20.3 Å². The second-order valence-electron chi connectivity index (χ2n) is 4.45. The molecule has 0 heterocycles. The maximum atomic E-state index is 6.15. The van der Waals surface area contributed by atoms with Crippen LogP contribution in [0.25, 0.3) is 0 Å². The average Bonchev–Trinajstić information content (AvgIpc) is 2.37. The van der Waals surface area contributed by atoms with Crippen LogP contribution in [0.15, 0.2) is 18.2 Å². The lowest BCUT2D eigenvalue weighted by Gasteiger charge is -2.28. The summed E-state index contributed by atoms with van der Waals surface area (Å²) in [5.41, 5.74) is 7.82. The minimum Gasteiger partial charge on any atom is -0.491 e. The van der Waals surface area contributed by atoms with Gasteiger partial charge in [-0.15, -0.1) is 0 Å². The maximum absolute atomic E-state index is 6.15. The zero-order chi connectivity index (χ0) is 13.5. The molecule has 0 radical (unpaired) electrons. The molecule has 2 N–H and O–H groups in total. The van der Waals surface area contributed by atoms with E-state index in [2.05, 4.69) is 18.7 Å². The third-order valence-electron chi connectivity index (χ3n) is 2.95. The smallest absolute Gasteiger partial charge is 0.144 e. The molecule has 0 saturated carbocycles. The van der Waals surface area contributed by atoms with Crippen molar-refractivity contribution >= 4 is 11.4 Å². The van der Waals surface area contributed by atoms with Gasteiger partial charge in [-0.05, 0) is 25.5 Å². The summed E-state index contributed by atoms with van der Waals surface area (Å²) in [5, 5.41) is 0. The number of rotatable bonds is 7. The van der Waals surface area contributed by atoms with E-state index in [4.69, 9.17) is 15.2 Å². The molecule has 0 aliphatic rings. The molecule has 4 nitrogen and oxygen atoms in total. The molecule has 0 fully saturated rings. The molecule has 0 amide bonds. The first-order chi connectivity index (χ1) is 8.61. The van der Waals surface area contributed by atoms with Gasteiger partial charge in [-0.2, -0.15) is 0 Å². The van der Waals surface area contributed by atoms with Crippen LogP contribution in [0.3, 0.4) is 0 Å². The maximum Gasteiger partial charge on any atom is 0.144 e. The average molecular weight is 252 g/mol. The zero-order valence-electron chi connectivity index (χ0n) is 11.8. The summed E-state index contributed by atoms with van der Waals surface area (Å²) in [7, 11) is 3.72. The highest BCUT2D eigenvalue weighted by atomic mass is 16.5. The van der Waals surface area contributed by atoms with E-state index in [9.17, 15) is 0 Å². The molecule has 1 unspecified atom stereocenters. The number of methoxy groups -OCH3 is 1. The first-order valence-corrected chi connectivity index (χ1v) is 6.34. The van der Waals surface area contributed by atoms with Crippen LogP contribution in [0.4, 0.5) is 11.4 Å². The lowest BCUT2D eigenvalue weighted by atomic mass is 10.2. The van der Waals surface area contributed by atoms with Gasteiger partial charge < -0.3 is 20.1 Å². The Hall–Kier alpha value is -1.42. The van der Waals surface area contributed by atoms with Crippen LogP contribution in [0.2, 0.25) is 0 Å². The number of para-hydroxylation sites is 1. The number of hydrogen-bond acceptors (Lipinski definition) is 4. The normalized spacial score (nSPS) is 12.2. The van der Waals surface area contributed by atoms with Gasteiger partial charge in [0.25, 0.3) is 0 Å². The molecule has 0 aliphatic carbocycles. The molecule has 0 bridgehead atoms. The summed E-state index contributed by atoms with van der Waals surface area (Å²) in [6.45, 7) is 5.52. The molecule has 1 atom stereocenters. The van der Waals surface area contributed by atoms with Gasteiger partial charge in [-0.3, -0.25) is 0 Å². The number of hydrogen-bond donors (Lipinski definition) is 1. The van der Waals surface area contributed by atoms with E-state index in [0.717, 1.165) is 17.9 Å². The number of nitrogen functional groups attached to an aromatic ring is 1. The summed E-state index contributed by atoms with van der Waals surface area (Å²) in [6.07, 6.45) is 0.972. The Morgan fingerprint density at radius 3 is 2.72 bits per heavy atom. The number of nitrogens with zero attached hydrogens (tertiary/aromatic N) is 1. The van der Waals surface area contributed by atoms with Crippen molar-refractivity contribution in [3.63, 3.8) is 0 Å². The van der Waals surface area contributed by atoms with E-state index in [1.807, 2.05) is 25.2 Å². The Balaban J connectivity index is 2.88. The summed E-state index contributed by atoms with van der Waals surface area (Å²) >= 11 is 0. The van der Waals surface area contributed by atoms with Crippen molar-refractivity contribution in [1.29, 1.82) is 0 Å². The van der Waals surface area contributed by atoms with Gasteiger partial charge in [-0.1, -0.05) is 13.0 Å². The fraction of sp³-hybridized carbons (Fsp3) is 0.571. The Kier molecular flexibility index (Phi) is 5.78. The van der Waals surface area contributed by atoms with Crippen molar-refractivity contribution in [3.05, 3.63) is 18.2 Å².